The van der Waals surface area contributed by atoms with Crippen LogP contribution < -0.4 is 5.32 Å². The number of benzene rings is 1. The van der Waals surface area contributed by atoms with Crippen LogP contribution in [0, 0.1) is 11.7 Å². The van der Waals surface area contributed by atoms with Crippen molar-refractivity contribution in [3.63, 3.8) is 0 Å². The molecule has 0 aliphatic rings. The molecule has 0 saturated carbocycles. The zero-order chi connectivity index (χ0) is 12.8. The number of amides is 1. The minimum Gasteiger partial charge on any atom is -0.352 e. The average Bonchev–Trinajstić information content (AvgIpc) is 2.30. The summed E-state index contributed by atoms with van der Waals surface area (Å²) < 4.78 is 14.2. The lowest BCUT2D eigenvalue weighted by Crippen LogP contribution is -2.28. The van der Waals surface area contributed by atoms with Gasteiger partial charge in [0, 0.05) is 22.5 Å². The van der Waals surface area contributed by atoms with Gasteiger partial charge in [-0.05, 0) is 24.6 Å². The predicted octanol–water partition coefficient (Wildman–Crippen LogP) is 3.64. The van der Waals surface area contributed by atoms with Gasteiger partial charge in [0.25, 0.3) is 0 Å². The first-order valence-corrected chi connectivity index (χ1v) is 6.55. The standard InChI is InChI=1S/C13H17BrFNO/c1-3-4-9(2)13(17)16-8-10-7-11(14)5-6-12(10)15/h5-7,9H,3-4,8H2,1-2H3,(H,16,17). The molecule has 1 atom stereocenters. The summed E-state index contributed by atoms with van der Waals surface area (Å²) in [4.78, 5) is 11.7. The van der Waals surface area contributed by atoms with Crippen molar-refractivity contribution in [2.45, 2.75) is 33.2 Å². The molecular formula is C13H17BrFNO. The van der Waals surface area contributed by atoms with Crippen LogP contribution in [0.4, 0.5) is 4.39 Å². The van der Waals surface area contributed by atoms with E-state index in [-0.39, 0.29) is 24.2 Å². The maximum Gasteiger partial charge on any atom is 0.223 e. The quantitative estimate of drug-likeness (QED) is 0.884. The lowest BCUT2D eigenvalue weighted by molar-refractivity contribution is -0.124. The monoisotopic (exact) mass is 301 g/mol. The predicted molar refractivity (Wildman–Crippen MR) is 70.0 cm³/mol. The van der Waals surface area contributed by atoms with E-state index in [9.17, 15) is 9.18 Å². The Bertz CT molecular complexity index is 395. The maximum absolute atomic E-state index is 13.4. The van der Waals surface area contributed by atoms with E-state index in [1.807, 2.05) is 13.8 Å². The minimum atomic E-state index is -0.295. The van der Waals surface area contributed by atoms with Gasteiger partial charge in [-0.2, -0.15) is 0 Å². The van der Waals surface area contributed by atoms with Crippen molar-refractivity contribution < 1.29 is 9.18 Å². The van der Waals surface area contributed by atoms with Crippen LogP contribution in [0.25, 0.3) is 0 Å². The van der Waals surface area contributed by atoms with Crippen LogP contribution >= 0.6 is 15.9 Å². The van der Waals surface area contributed by atoms with Crippen molar-refractivity contribution in [3.05, 3.63) is 34.1 Å². The van der Waals surface area contributed by atoms with Crippen LogP contribution in [0.1, 0.15) is 32.3 Å². The van der Waals surface area contributed by atoms with Gasteiger partial charge in [0.2, 0.25) is 5.91 Å². The third kappa shape index (κ3) is 4.46. The molecule has 0 fully saturated rings. The summed E-state index contributed by atoms with van der Waals surface area (Å²) in [6.45, 7) is 4.16. The number of carbonyl (C=O) groups excluding carboxylic acids is 1. The molecule has 0 bridgehead atoms. The molecule has 0 aliphatic heterocycles. The van der Waals surface area contributed by atoms with Crippen molar-refractivity contribution in [3.8, 4) is 0 Å². The number of carbonyl (C=O) groups is 1. The Morgan fingerprint density at radius 1 is 1.53 bits per heavy atom. The van der Waals surface area contributed by atoms with E-state index < -0.39 is 0 Å². The van der Waals surface area contributed by atoms with Crippen molar-refractivity contribution in [1.29, 1.82) is 0 Å². The first-order chi connectivity index (χ1) is 8.04. The number of hydrogen-bond donors (Lipinski definition) is 1. The third-order valence-electron chi connectivity index (χ3n) is 2.63. The zero-order valence-electron chi connectivity index (χ0n) is 10.1. The lowest BCUT2D eigenvalue weighted by atomic mass is 10.1. The smallest absolute Gasteiger partial charge is 0.223 e. The van der Waals surface area contributed by atoms with E-state index in [2.05, 4.69) is 21.2 Å². The molecule has 0 heterocycles. The van der Waals surface area contributed by atoms with Gasteiger partial charge < -0.3 is 5.32 Å². The van der Waals surface area contributed by atoms with Crippen LogP contribution in [0.15, 0.2) is 22.7 Å². The van der Waals surface area contributed by atoms with Crippen LogP contribution in [0.2, 0.25) is 0 Å². The molecule has 94 valence electrons. The number of nitrogens with one attached hydrogen (secondary N) is 1. The number of hydrogen-bond acceptors (Lipinski definition) is 1. The van der Waals surface area contributed by atoms with Gasteiger partial charge in [-0.15, -0.1) is 0 Å². The summed E-state index contributed by atoms with van der Waals surface area (Å²) >= 11 is 3.28. The topological polar surface area (TPSA) is 29.1 Å². The van der Waals surface area contributed by atoms with E-state index in [4.69, 9.17) is 0 Å². The molecular weight excluding hydrogens is 285 g/mol. The number of halogens is 2. The van der Waals surface area contributed by atoms with Crippen molar-refractivity contribution in [2.24, 2.45) is 5.92 Å². The summed E-state index contributed by atoms with van der Waals surface area (Å²) in [5.74, 6) is -0.335. The first kappa shape index (κ1) is 14.2. The highest BCUT2D eigenvalue weighted by molar-refractivity contribution is 9.10. The molecule has 0 aromatic heterocycles. The zero-order valence-corrected chi connectivity index (χ0v) is 11.7. The maximum atomic E-state index is 13.4. The Kier molecular flexibility index (Phi) is 5.62. The second-order valence-electron chi connectivity index (χ2n) is 4.14. The van der Waals surface area contributed by atoms with Gasteiger partial charge in [0.05, 0.1) is 0 Å². The fourth-order valence-corrected chi connectivity index (χ4v) is 2.01. The Morgan fingerprint density at radius 2 is 2.24 bits per heavy atom. The van der Waals surface area contributed by atoms with Gasteiger partial charge in [0.1, 0.15) is 5.82 Å². The van der Waals surface area contributed by atoms with Crippen molar-refractivity contribution >= 4 is 21.8 Å². The van der Waals surface area contributed by atoms with E-state index in [1.165, 1.54) is 6.07 Å². The molecule has 17 heavy (non-hydrogen) atoms. The highest BCUT2D eigenvalue weighted by Crippen LogP contribution is 2.15. The Morgan fingerprint density at radius 3 is 2.88 bits per heavy atom. The van der Waals surface area contributed by atoms with Gasteiger partial charge in [-0.1, -0.05) is 36.2 Å². The highest BCUT2D eigenvalue weighted by atomic mass is 79.9. The Labute approximate surface area is 110 Å². The Hall–Kier alpha value is -0.900. The molecule has 1 aromatic carbocycles. The lowest BCUT2D eigenvalue weighted by Gasteiger charge is -2.11. The summed E-state index contributed by atoms with van der Waals surface area (Å²) in [7, 11) is 0. The second-order valence-corrected chi connectivity index (χ2v) is 5.06. The highest BCUT2D eigenvalue weighted by Gasteiger charge is 2.12. The van der Waals surface area contributed by atoms with Crippen molar-refractivity contribution in [2.75, 3.05) is 0 Å². The fourth-order valence-electron chi connectivity index (χ4n) is 1.60. The van der Waals surface area contributed by atoms with Gasteiger partial charge in [-0.25, -0.2) is 4.39 Å². The molecule has 0 saturated heterocycles. The van der Waals surface area contributed by atoms with Gasteiger partial charge >= 0.3 is 0 Å². The van der Waals surface area contributed by atoms with E-state index in [0.717, 1.165) is 17.3 Å². The molecule has 0 aliphatic carbocycles. The normalized spacial score (nSPS) is 12.2. The molecule has 1 unspecified atom stereocenters. The van der Waals surface area contributed by atoms with E-state index >= 15 is 0 Å². The fraction of sp³-hybridized carbons (Fsp3) is 0.462. The SMILES string of the molecule is CCCC(C)C(=O)NCc1cc(Br)ccc1F. The molecule has 0 spiro atoms. The largest absolute Gasteiger partial charge is 0.352 e. The van der Waals surface area contributed by atoms with E-state index in [1.54, 1.807) is 12.1 Å². The van der Waals surface area contributed by atoms with Crippen LogP contribution in [0.3, 0.4) is 0 Å². The van der Waals surface area contributed by atoms with Crippen LogP contribution in [0.5, 0.6) is 0 Å². The summed E-state index contributed by atoms with van der Waals surface area (Å²) in [6, 6.07) is 4.71. The van der Waals surface area contributed by atoms with Crippen LogP contribution in [-0.2, 0) is 11.3 Å². The summed E-state index contributed by atoms with van der Waals surface area (Å²) in [5, 5.41) is 2.75. The van der Waals surface area contributed by atoms with Crippen molar-refractivity contribution in [1.82, 2.24) is 5.32 Å². The molecule has 0 radical (unpaired) electrons. The average molecular weight is 302 g/mol. The second kappa shape index (κ2) is 6.74. The van der Waals surface area contributed by atoms with Gasteiger partial charge in [0.15, 0.2) is 0 Å². The van der Waals surface area contributed by atoms with E-state index in [0.29, 0.717) is 5.56 Å². The molecule has 1 amide bonds. The van der Waals surface area contributed by atoms with Gasteiger partial charge in [-0.3, -0.25) is 4.79 Å². The molecule has 1 N–H and O–H groups in total. The number of rotatable bonds is 5. The molecule has 2 nitrogen and oxygen atoms in total. The molecule has 1 aromatic rings. The third-order valence-corrected chi connectivity index (χ3v) is 3.12. The minimum absolute atomic E-state index is 0.0183. The summed E-state index contributed by atoms with van der Waals surface area (Å²) in [5.41, 5.74) is 0.497. The Balaban J connectivity index is 2.55. The first-order valence-electron chi connectivity index (χ1n) is 5.76. The molecule has 1 rings (SSSR count). The van der Waals surface area contributed by atoms with Crippen LogP contribution in [-0.4, -0.2) is 5.91 Å². The molecule has 4 heteroatoms. The summed E-state index contributed by atoms with van der Waals surface area (Å²) in [6.07, 6.45) is 1.83.